The van der Waals surface area contributed by atoms with Gasteiger partial charge in [0.2, 0.25) is 15.9 Å². The van der Waals surface area contributed by atoms with E-state index in [-0.39, 0.29) is 17.7 Å². The molecule has 8 heteroatoms. The second kappa shape index (κ2) is 8.27. The van der Waals surface area contributed by atoms with Crippen molar-refractivity contribution in [1.82, 2.24) is 14.5 Å². The topological polar surface area (TPSA) is 79.0 Å². The molecule has 0 aromatic heterocycles. The minimum absolute atomic E-state index is 0.00508. The zero-order valence-corrected chi connectivity index (χ0v) is 15.1. The second-order valence-corrected chi connectivity index (χ2v) is 8.42. The number of sulfonamides is 1. The molecule has 1 aromatic carbocycles. The van der Waals surface area contributed by atoms with Gasteiger partial charge in [-0.05, 0) is 5.56 Å². The molecule has 1 atom stereocenters. The Labute approximate surface area is 149 Å². The highest BCUT2D eigenvalue weighted by molar-refractivity contribution is 7.88. The molecule has 0 radical (unpaired) electrons. The number of carbonyl (C=O) groups is 1. The number of nitrogens with one attached hydrogen (secondary N) is 1. The lowest BCUT2D eigenvalue weighted by Gasteiger charge is -2.35. The molecule has 1 amide bonds. The highest BCUT2D eigenvalue weighted by Crippen LogP contribution is 2.14. The molecule has 2 heterocycles. The predicted octanol–water partition coefficient (Wildman–Crippen LogP) is 0.0391. The van der Waals surface area contributed by atoms with Crippen LogP contribution in [0.4, 0.5) is 0 Å². The number of hydrogen-bond acceptors (Lipinski definition) is 5. The second-order valence-electron chi connectivity index (χ2n) is 6.45. The number of carbonyl (C=O) groups excluding carboxylic acids is 1. The molecule has 2 aliphatic heterocycles. The maximum absolute atomic E-state index is 12.5. The van der Waals surface area contributed by atoms with Crippen LogP contribution in [0.5, 0.6) is 0 Å². The first-order valence-electron chi connectivity index (χ1n) is 8.65. The number of hydrogen-bond donors (Lipinski definition) is 1. The summed E-state index contributed by atoms with van der Waals surface area (Å²) >= 11 is 0. The molecule has 7 nitrogen and oxygen atoms in total. The van der Waals surface area contributed by atoms with Gasteiger partial charge in [0.25, 0.3) is 0 Å². The lowest BCUT2D eigenvalue weighted by atomic mass is 10.1. The van der Waals surface area contributed by atoms with E-state index >= 15 is 0 Å². The molecule has 0 spiro atoms. The van der Waals surface area contributed by atoms with Crippen molar-refractivity contribution in [1.29, 1.82) is 0 Å². The molecule has 3 rings (SSSR count). The van der Waals surface area contributed by atoms with Crippen LogP contribution in [-0.2, 0) is 25.3 Å². The highest BCUT2D eigenvalue weighted by atomic mass is 32.2. The van der Waals surface area contributed by atoms with Gasteiger partial charge in [0, 0.05) is 45.2 Å². The number of amides is 1. The van der Waals surface area contributed by atoms with Crippen molar-refractivity contribution < 1.29 is 17.9 Å². The first kappa shape index (κ1) is 18.3. The van der Waals surface area contributed by atoms with Crippen LogP contribution in [0.2, 0.25) is 0 Å². The van der Waals surface area contributed by atoms with Gasteiger partial charge in [-0.25, -0.2) is 8.42 Å². The van der Waals surface area contributed by atoms with E-state index in [1.54, 1.807) is 4.90 Å². The van der Waals surface area contributed by atoms with Gasteiger partial charge in [-0.3, -0.25) is 4.79 Å². The smallest absolute Gasteiger partial charge is 0.224 e. The Morgan fingerprint density at radius 3 is 2.52 bits per heavy atom. The zero-order chi connectivity index (χ0) is 17.7. The van der Waals surface area contributed by atoms with E-state index in [0.717, 1.165) is 12.1 Å². The van der Waals surface area contributed by atoms with Gasteiger partial charge in [-0.15, -0.1) is 0 Å². The first-order chi connectivity index (χ1) is 12.0. The van der Waals surface area contributed by atoms with Crippen molar-refractivity contribution in [2.45, 2.75) is 18.2 Å². The largest absolute Gasteiger partial charge is 0.378 e. The van der Waals surface area contributed by atoms with Crippen LogP contribution in [0.1, 0.15) is 12.0 Å². The molecule has 2 saturated heterocycles. The van der Waals surface area contributed by atoms with Crippen LogP contribution in [-0.4, -0.2) is 75.5 Å². The third-order valence-corrected chi connectivity index (χ3v) is 6.45. The van der Waals surface area contributed by atoms with Gasteiger partial charge < -0.3 is 15.0 Å². The predicted molar refractivity (Wildman–Crippen MR) is 94.4 cm³/mol. The summed E-state index contributed by atoms with van der Waals surface area (Å²) in [6.07, 6.45) is 0.400. The van der Waals surface area contributed by atoms with Crippen LogP contribution in [0.25, 0.3) is 0 Å². The summed E-state index contributed by atoms with van der Waals surface area (Å²) in [6, 6.07) is 9.23. The Balaban J connectivity index is 1.49. The molecule has 2 fully saturated rings. The van der Waals surface area contributed by atoms with Gasteiger partial charge in [-0.2, -0.15) is 4.31 Å². The molecule has 2 aliphatic rings. The summed E-state index contributed by atoms with van der Waals surface area (Å²) in [5.41, 5.74) is 0.782. The van der Waals surface area contributed by atoms with Gasteiger partial charge in [0.1, 0.15) is 0 Å². The Morgan fingerprint density at radius 1 is 1.16 bits per heavy atom. The lowest BCUT2D eigenvalue weighted by Crippen LogP contribution is -2.52. The van der Waals surface area contributed by atoms with Gasteiger partial charge in [0.15, 0.2) is 0 Å². The third-order valence-electron chi connectivity index (χ3n) is 4.60. The lowest BCUT2D eigenvalue weighted by molar-refractivity contribution is -0.133. The summed E-state index contributed by atoms with van der Waals surface area (Å²) in [5.74, 6) is 0.0635. The van der Waals surface area contributed by atoms with E-state index < -0.39 is 10.0 Å². The van der Waals surface area contributed by atoms with Crippen molar-refractivity contribution in [3.05, 3.63) is 35.9 Å². The summed E-state index contributed by atoms with van der Waals surface area (Å²) in [7, 11) is -3.35. The van der Waals surface area contributed by atoms with Crippen LogP contribution in [0.15, 0.2) is 30.3 Å². The fraction of sp³-hybridized carbons (Fsp3) is 0.588. The van der Waals surface area contributed by atoms with Crippen LogP contribution in [0.3, 0.4) is 0 Å². The molecule has 1 N–H and O–H groups in total. The normalized spacial score (nSPS) is 22.7. The third kappa shape index (κ3) is 5.01. The molecule has 25 heavy (non-hydrogen) atoms. The standard InChI is InChI=1S/C17H25N3O4S/c21-17(12-16-13-24-11-6-18-16)19-7-9-20(10-8-19)25(22,23)14-15-4-2-1-3-5-15/h1-5,16,18H,6-14H2. The number of benzene rings is 1. The van der Waals surface area contributed by atoms with Gasteiger partial charge in [-0.1, -0.05) is 30.3 Å². The fourth-order valence-electron chi connectivity index (χ4n) is 3.18. The molecule has 138 valence electrons. The monoisotopic (exact) mass is 367 g/mol. The molecule has 0 aliphatic carbocycles. The molecule has 1 aromatic rings. The zero-order valence-electron chi connectivity index (χ0n) is 14.3. The summed E-state index contributed by atoms with van der Waals surface area (Å²) < 4.78 is 31.9. The average Bonchev–Trinajstić information content (AvgIpc) is 2.63. The Bertz CT molecular complexity index is 666. The number of ether oxygens (including phenoxy) is 1. The van der Waals surface area contributed by atoms with E-state index in [4.69, 9.17) is 4.74 Å². The van der Waals surface area contributed by atoms with E-state index in [0.29, 0.717) is 45.8 Å². The van der Waals surface area contributed by atoms with Gasteiger partial charge >= 0.3 is 0 Å². The van der Waals surface area contributed by atoms with E-state index in [1.165, 1.54) is 4.31 Å². The molecular formula is C17H25N3O4S. The van der Waals surface area contributed by atoms with Crippen molar-refractivity contribution >= 4 is 15.9 Å². The maximum Gasteiger partial charge on any atom is 0.224 e. The fourth-order valence-corrected chi connectivity index (χ4v) is 4.70. The van der Waals surface area contributed by atoms with Crippen LogP contribution >= 0.6 is 0 Å². The van der Waals surface area contributed by atoms with Crippen LogP contribution < -0.4 is 5.32 Å². The van der Waals surface area contributed by atoms with Crippen LogP contribution in [0, 0.1) is 0 Å². The number of nitrogens with zero attached hydrogens (tertiary/aromatic N) is 2. The van der Waals surface area contributed by atoms with Crippen molar-refractivity contribution in [3.8, 4) is 0 Å². The average molecular weight is 367 g/mol. The quantitative estimate of drug-likeness (QED) is 0.795. The number of piperazine rings is 1. The summed E-state index contributed by atoms with van der Waals surface area (Å²) in [5, 5.41) is 3.27. The van der Waals surface area contributed by atoms with E-state index in [2.05, 4.69) is 5.32 Å². The van der Waals surface area contributed by atoms with E-state index in [9.17, 15) is 13.2 Å². The van der Waals surface area contributed by atoms with E-state index in [1.807, 2.05) is 30.3 Å². The van der Waals surface area contributed by atoms with Crippen molar-refractivity contribution in [3.63, 3.8) is 0 Å². The molecular weight excluding hydrogens is 342 g/mol. The number of rotatable bonds is 5. The Hall–Kier alpha value is -1.48. The van der Waals surface area contributed by atoms with Gasteiger partial charge in [0.05, 0.1) is 19.0 Å². The molecule has 0 saturated carbocycles. The summed E-state index contributed by atoms with van der Waals surface area (Å²) in [6.45, 7) is 3.61. The first-order valence-corrected chi connectivity index (χ1v) is 10.3. The molecule has 1 unspecified atom stereocenters. The minimum atomic E-state index is -3.35. The molecule has 0 bridgehead atoms. The Morgan fingerprint density at radius 2 is 1.88 bits per heavy atom. The SMILES string of the molecule is O=C(CC1COCCN1)N1CCN(S(=O)(=O)Cc2ccccc2)CC1. The maximum atomic E-state index is 12.5. The van der Waals surface area contributed by atoms with Crippen molar-refractivity contribution in [2.24, 2.45) is 0 Å². The highest BCUT2D eigenvalue weighted by Gasteiger charge is 2.30. The minimum Gasteiger partial charge on any atom is -0.378 e. The van der Waals surface area contributed by atoms with Crippen molar-refractivity contribution in [2.75, 3.05) is 45.9 Å². The summed E-state index contributed by atoms with van der Waals surface area (Å²) in [4.78, 5) is 14.1. The number of morpholine rings is 1. The Kier molecular flexibility index (Phi) is 6.06.